The summed E-state index contributed by atoms with van der Waals surface area (Å²) in [5.74, 6) is 0.0869. The van der Waals surface area contributed by atoms with Crippen LogP contribution >= 0.6 is 24.0 Å². The van der Waals surface area contributed by atoms with E-state index >= 15 is 0 Å². The van der Waals surface area contributed by atoms with Gasteiger partial charge in [-0.15, -0.1) is 12.4 Å². The molecule has 1 aliphatic carbocycles. The lowest BCUT2D eigenvalue weighted by atomic mass is 9.95. The minimum atomic E-state index is -0.348. The Labute approximate surface area is 135 Å². The largest absolute Gasteiger partial charge is 0.356 e. The number of carbonyl (C=O) groups excluding carboxylic acids is 1. The Kier molecular flexibility index (Phi) is 7.43. The molecule has 2 rings (SSSR count). The molecule has 0 aliphatic heterocycles. The van der Waals surface area contributed by atoms with Crippen LogP contribution in [0.2, 0.25) is 5.02 Å². The maximum Gasteiger partial charge on any atom is 0.223 e. The maximum atomic E-state index is 12.9. The van der Waals surface area contributed by atoms with Gasteiger partial charge in [-0.25, -0.2) is 4.39 Å². The molecular weight excluding hydrogens is 314 g/mol. The van der Waals surface area contributed by atoms with Crippen LogP contribution in [0.4, 0.5) is 4.39 Å². The Hall–Kier alpha value is -0.840. The molecule has 1 aromatic rings. The summed E-state index contributed by atoms with van der Waals surface area (Å²) < 4.78 is 12.9. The Morgan fingerprint density at radius 2 is 2.19 bits per heavy atom. The van der Waals surface area contributed by atoms with E-state index < -0.39 is 0 Å². The lowest BCUT2D eigenvalue weighted by Crippen LogP contribution is -2.36. The fourth-order valence-electron chi connectivity index (χ4n) is 2.84. The summed E-state index contributed by atoms with van der Waals surface area (Å²) in [6.07, 6.45) is 3.64. The van der Waals surface area contributed by atoms with Crippen LogP contribution in [0.1, 0.15) is 24.8 Å². The molecule has 0 saturated heterocycles. The van der Waals surface area contributed by atoms with E-state index in [2.05, 4.69) is 5.32 Å². The van der Waals surface area contributed by atoms with Gasteiger partial charge >= 0.3 is 0 Å². The van der Waals surface area contributed by atoms with Gasteiger partial charge in [0.05, 0.1) is 0 Å². The Bertz CT molecular complexity index is 485. The third-order valence-corrected chi connectivity index (χ3v) is 4.36. The number of amides is 1. The first-order chi connectivity index (χ1) is 9.61. The maximum absolute atomic E-state index is 12.9. The van der Waals surface area contributed by atoms with Crippen LogP contribution in [-0.2, 0) is 11.2 Å². The van der Waals surface area contributed by atoms with Gasteiger partial charge in [-0.1, -0.05) is 24.1 Å². The second kappa shape index (κ2) is 8.57. The van der Waals surface area contributed by atoms with Crippen molar-refractivity contribution in [3.63, 3.8) is 0 Å². The number of carbonyl (C=O) groups is 1. The molecule has 3 N–H and O–H groups in total. The highest BCUT2D eigenvalue weighted by Gasteiger charge is 2.31. The number of halogens is 3. The molecule has 1 aliphatic rings. The predicted molar refractivity (Wildman–Crippen MR) is 85.3 cm³/mol. The van der Waals surface area contributed by atoms with E-state index in [0.717, 1.165) is 24.8 Å². The monoisotopic (exact) mass is 334 g/mol. The summed E-state index contributed by atoms with van der Waals surface area (Å²) in [6, 6.07) is 4.33. The minimum absolute atomic E-state index is 0. The number of rotatable bonds is 5. The normalized spacial score (nSPS) is 20.9. The molecule has 21 heavy (non-hydrogen) atoms. The number of hydrogen-bond donors (Lipinski definition) is 2. The van der Waals surface area contributed by atoms with Gasteiger partial charge < -0.3 is 11.1 Å². The molecular formula is C15H21Cl2FN2O. The van der Waals surface area contributed by atoms with Crippen molar-refractivity contribution in [2.45, 2.75) is 25.7 Å². The molecule has 2 atom stereocenters. The van der Waals surface area contributed by atoms with Gasteiger partial charge in [0.1, 0.15) is 5.82 Å². The fourth-order valence-corrected chi connectivity index (χ4v) is 3.10. The van der Waals surface area contributed by atoms with Crippen LogP contribution in [0.3, 0.4) is 0 Å². The summed E-state index contributed by atoms with van der Waals surface area (Å²) in [4.78, 5) is 12.1. The third-order valence-electron chi connectivity index (χ3n) is 4.01. The van der Waals surface area contributed by atoms with E-state index in [1.165, 1.54) is 12.1 Å². The van der Waals surface area contributed by atoms with E-state index in [1.54, 1.807) is 6.07 Å². The van der Waals surface area contributed by atoms with Crippen LogP contribution in [-0.4, -0.2) is 19.0 Å². The zero-order valence-electron chi connectivity index (χ0n) is 11.8. The molecule has 6 heteroatoms. The van der Waals surface area contributed by atoms with Crippen LogP contribution in [0.25, 0.3) is 0 Å². The van der Waals surface area contributed by atoms with Gasteiger partial charge in [-0.3, -0.25) is 4.79 Å². The van der Waals surface area contributed by atoms with Crippen LogP contribution in [0.5, 0.6) is 0 Å². The van der Waals surface area contributed by atoms with Crippen molar-refractivity contribution in [1.29, 1.82) is 0 Å². The molecule has 3 nitrogen and oxygen atoms in total. The summed E-state index contributed by atoms with van der Waals surface area (Å²) in [5, 5.41) is 3.34. The fraction of sp³-hybridized carbons (Fsp3) is 0.533. The van der Waals surface area contributed by atoms with Crippen molar-refractivity contribution in [1.82, 2.24) is 5.32 Å². The third kappa shape index (κ3) is 4.83. The van der Waals surface area contributed by atoms with E-state index in [-0.39, 0.29) is 30.0 Å². The summed E-state index contributed by atoms with van der Waals surface area (Å²) >= 11 is 5.95. The van der Waals surface area contributed by atoms with Crippen molar-refractivity contribution in [3.8, 4) is 0 Å². The van der Waals surface area contributed by atoms with Gasteiger partial charge in [-0.2, -0.15) is 0 Å². The molecule has 0 heterocycles. The molecule has 0 bridgehead atoms. The van der Waals surface area contributed by atoms with E-state index in [9.17, 15) is 9.18 Å². The predicted octanol–water partition coefficient (Wildman–Crippen LogP) is 2.93. The first kappa shape index (κ1) is 18.2. The molecule has 118 valence electrons. The van der Waals surface area contributed by atoms with Gasteiger partial charge in [0.15, 0.2) is 0 Å². The summed E-state index contributed by atoms with van der Waals surface area (Å²) in [7, 11) is 0. The quantitative estimate of drug-likeness (QED) is 0.869. The van der Waals surface area contributed by atoms with Gasteiger partial charge in [0, 0.05) is 17.5 Å². The molecule has 0 radical (unpaired) electrons. The molecule has 1 amide bonds. The first-order valence-corrected chi connectivity index (χ1v) is 7.41. The highest BCUT2D eigenvalue weighted by molar-refractivity contribution is 6.31. The van der Waals surface area contributed by atoms with Crippen LogP contribution in [0.15, 0.2) is 18.2 Å². The average Bonchev–Trinajstić information content (AvgIpc) is 2.89. The SMILES string of the molecule is Cl.NC[C@H]1CCC[C@H]1C(=O)NCCc1ccc(F)cc1Cl. The van der Waals surface area contributed by atoms with Crippen molar-refractivity contribution in [2.75, 3.05) is 13.1 Å². The van der Waals surface area contributed by atoms with Crippen molar-refractivity contribution >= 4 is 29.9 Å². The van der Waals surface area contributed by atoms with Gasteiger partial charge in [0.2, 0.25) is 5.91 Å². The first-order valence-electron chi connectivity index (χ1n) is 7.03. The van der Waals surface area contributed by atoms with Crippen molar-refractivity contribution in [2.24, 2.45) is 17.6 Å². The molecule has 0 unspecified atom stereocenters. The zero-order valence-corrected chi connectivity index (χ0v) is 13.4. The Balaban J connectivity index is 0.00000220. The van der Waals surface area contributed by atoms with E-state index in [1.807, 2.05) is 0 Å². The summed E-state index contributed by atoms with van der Waals surface area (Å²) in [5.41, 5.74) is 6.53. The molecule has 1 aromatic carbocycles. The number of hydrogen-bond acceptors (Lipinski definition) is 2. The van der Waals surface area contributed by atoms with Crippen molar-refractivity contribution in [3.05, 3.63) is 34.6 Å². The molecule has 0 spiro atoms. The lowest BCUT2D eigenvalue weighted by Gasteiger charge is -2.17. The molecule has 1 saturated carbocycles. The lowest BCUT2D eigenvalue weighted by molar-refractivity contribution is -0.125. The van der Waals surface area contributed by atoms with E-state index in [0.29, 0.717) is 30.5 Å². The Morgan fingerprint density at radius 1 is 1.43 bits per heavy atom. The van der Waals surface area contributed by atoms with Gasteiger partial charge in [-0.05, 0) is 49.4 Å². The molecule has 1 fully saturated rings. The summed E-state index contributed by atoms with van der Waals surface area (Å²) in [6.45, 7) is 1.08. The highest BCUT2D eigenvalue weighted by Crippen LogP contribution is 2.30. The number of nitrogens with one attached hydrogen (secondary N) is 1. The van der Waals surface area contributed by atoms with Gasteiger partial charge in [0.25, 0.3) is 0 Å². The highest BCUT2D eigenvalue weighted by atomic mass is 35.5. The van der Waals surface area contributed by atoms with Crippen molar-refractivity contribution < 1.29 is 9.18 Å². The smallest absolute Gasteiger partial charge is 0.223 e. The second-order valence-electron chi connectivity index (χ2n) is 5.31. The topological polar surface area (TPSA) is 55.1 Å². The second-order valence-corrected chi connectivity index (χ2v) is 5.72. The number of nitrogens with two attached hydrogens (primary N) is 1. The average molecular weight is 335 g/mol. The van der Waals surface area contributed by atoms with Crippen LogP contribution in [0, 0.1) is 17.7 Å². The number of benzene rings is 1. The minimum Gasteiger partial charge on any atom is -0.356 e. The molecule has 0 aromatic heterocycles. The Morgan fingerprint density at radius 3 is 2.86 bits per heavy atom. The van der Waals surface area contributed by atoms with E-state index in [4.69, 9.17) is 17.3 Å². The van der Waals surface area contributed by atoms with Crippen LogP contribution < -0.4 is 11.1 Å². The standard InChI is InChI=1S/C15H20ClFN2O.ClH/c16-14-8-12(17)5-4-10(14)6-7-19-15(20)13-3-1-2-11(13)9-18;/h4-5,8,11,13H,1-3,6-7,9,18H2,(H,19,20);1H/t11-,13-;/m1./s1. The zero-order chi connectivity index (χ0) is 14.5.